The quantitative estimate of drug-likeness (QED) is 0.801. The van der Waals surface area contributed by atoms with Crippen LogP contribution >= 0.6 is 0 Å². The molecule has 4 nitrogen and oxygen atoms in total. The molecule has 0 spiro atoms. The van der Waals surface area contributed by atoms with E-state index in [0.29, 0.717) is 24.3 Å². The first-order valence-electron chi connectivity index (χ1n) is 5.70. The van der Waals surface area contributed by atoms with Gasteiger partial charge in [-0.1, -0.05) is 0 Å². The zero-order valence-corrected chi connectivity index (χ0v) is 10.4. The normalized spacial score (nSPS) is 15.1. The van der Waals surface area contributed by atoms with Crippen LogP contribution in [-0.4, -0.2) is 18.0 Å². The average Bonchev–Trinajstić information content (AvgIpc) is 2.26. The minimum Gasteiger partial charge on any atom is -0.492 e. The van der Waals surface area contributed by atoms with Crippen LogP contribution in [0, 0.1) is 0 Å². The lowest BCUT2D eigenvalue weighted by Crippen LogP contribution is -2.23. The van der Waals surface area contributed by atoms with Crippen molar-refractivity contribution in [3.63, 3.8) is 0 Å². The maximum atomic E-state index is 11.7. The third-order valence-corrected chi connectivity index (χ3v) is 2.34. The second kappa shape index (κ2) is 4.37. The highest BCUT2D eigenvalue weighted by Crippen LogP contribution is 2.27. The number of nitrogens with one attached hydrogen (secondary N) is 1. The van der Waals surface area contributed by atoms with E-state index >= 15 is 0 Å². The number of rotatable bonds is 2. The first-order valence-corrected chi connectivity index (χ1v) is 5.70. The Morgan fingerprint density at radius 3 is 2.82 bits per heavy atom. The summed E-state index contributed by atoms with van der Waals surface area (Å²) in [7, 11) is 0. The van der Waals surface area contributed by atoms with Gasteiger partial charge in [0.05, 0.1) is 23.5 Å². The number of benzene rings is 1. The van der Waals surface area contributed by atoms with Crippen LogP contribution in [0.15, 0.2) is 18.2 Å². The number of hydrogen-bond donors (Lipinski definition) is 1. The molecule has 0 aliphatic carbocycles. The summed E-state index contributed by atoms with van der Waals surface area (Å²) in [5.41, 5.74) is 3.95. The number of Topliss-reactive ketones (excluding diaryl/α,β-unsaturated/α-hetero) is 1. The SMILES string of the molecule is CC(C)(C)ONc1ccc2c(c1)C(=O)CCO2. The standard InChI is InChI=1S/C13H17NO3/c1-13(2,3)17-14-9-4-5-12-10(8-9)11(15)6-7-16-12/h4-5,8,14H,6-7H2,1-3H3. The molecule has 2 rings (SSSR count). The zero-order valence-electron chi connectivity index (χ0n) is 10.4. The van der Waals surface area contributed by atoms with Crippen molar-refractivity contribution in [2.75, 3.05) is 12.1 Å². The molecule has 0 aromatic heterocycles. The molecule has 0 bridgehead atoms. The molecule has 0 saturated heterocycles. The molecule has 1 aliphatic heterocycles. The maximum Gasteiger partial charge on any atom is 0.170 e. The summed E-state index contributed by atoms with van der Waals surface area (Å²) in [4.78, 5) is 17.1. The minimum absolute atomic E-state index is 0.116. The highest BCUT2D eigenvalue weighted by atomic mass is 16.7. The Morgan fingerprint density at radius 1 is 1.35 bits per heavy atom. The molecule has 1 heterocycles. The molecular formula is C13H17NO3. The van der Waals surface area contributed by atoms with Gasteiger partial charge >= 0.3 is 0 Å². The van der Waals surface area contributed by atoms with Gasteiger partial charge in [0.1, 0.15) is 5.75 Å². The molecule has 0 saturated carbocycles. The summed E-state index contributed by atoms with van der Waals surface area (Å²) in [6.07, 6.45) is 0.441. The largest absolute Gasteiger partial charge is 0.492 e. The molecule has 1 aromatic rings. The van der Waals surface area contributed by atoms with Gasteiger partial charge in [0, 0.05) is 6.42 Å². The molecule has 1 aliphatic rings. The molecule has 1 N–H and O–H groups in total. The third kappa shape index (κ3) is 2.97. The van der Waals surface area contributed by atoms with E-state index in [9.17, 15) is 4.79 Å². The molecule has 1 aromatic carbocycles. The lowest BCUT2D eigenvalue weighted by Gasteiger charge is -2.21. The van der Waals surface area contributed by atoms with Gasteiger partial charge in [-0.2, -0.15) is 0 Å². The summed E-state index contributed by atoms with van der Waals surface area (Å²) < 4.78 is 5.40. The van der Waals surface area contributed by atoms with Crippen LogP contribution in [0.1, 0.15) is 37.6 Å². The number of carbonyl (C=O) groups is 1. The Kier molecular flexibility index (Phi) is 3.07. The lowest BCUT2D eigenvalue weighted by atomic mass is 10.0. The smallest absolute Gasteiger partial charge is 0.170 e. The van der Waals surface area contributed by atoms with Crippen LogP contribution in [0.2, 0.25) is 0 Å². The fourth-order valence-electron chi connectivity index (χ4n) is 1.54. The van der Waals surface area contributed by atoms with Crippen LogP contribution < -0.4 is 10.2 Å². The molecular weight excluding hydrogens is 218 g/mol. The Bertz CT molecular complexity index is 435. The van der Waals surface area contributed by atoms with Gasteiger partial charge < -0.3 is 4.74 Å². The maximum absolute atomic E-state index is 11.7. The van der Waals surface area contributed by atoms with Crippen molar-refractivity contribution in [2.45, 2.75) is 32.8 Å². The lowest BCUT2D eigenvalue weighted by molar-refractivity contribution is 0.0375. The molecule has 17 heavy (non-hydrogen) atoms. The Hall–Kier alpha value is -1.55. The molecule has 0 fully saturated rings. The number of anilines is 1. The van der Waals surface area contributed by atoms with Crippen molar-refractivity contribution < 1.29 is 14.4 Å². The van der Waals surface area contributed by atoms with E-state index in [4.69, 9.17) is 9.57 Å². The van der Waals surface area contributed by atoms with Gasteiger partial charge in [-0.3, -0.25) is 15.1 Å². The van der Waals surface area contributed by atoms with Crippen LogP contribution in [0.4, 0.5) is 5.69 Å². The predicted octanol–water partition coefficient (Wildman–Crippen LogP) is 2.79. The van der Waals surface area contributed by atoms with Crippen molar-refractivity contribution in [3.05, 3.63) is 23.8 Å². The fraction of sp³-hybridized carbons (Fsp3) is 0.462. The molecule has 0 unspecified atom stereocenters. The summed E-state index contributed by atoms with van der Waals surface area (Å²) in [5.74, 6) is 0.771. The van der Waals surface area contributed by atoms with Gasteiger partial charge in [-0.15, -0.1) is 0 Å². The van der Waals surface area contributed by atoms with Gasteiger partial charge in [0.25, 0.3) is 0 Å². The van der Waals surface area contributed by atoms with Gasteiger partial charge in [-0.25, -0.2) is 0 Å². The van der Waals surface area contributed by atoms with Gasteiger partial charge in [0.15, 0.2) is 5.78 Å². The second-order valence-corrected chi connectivity index (χ2v) is 5.05. The fourth-order valence-corrected chi connectivity index (χ4v) is 1.54. The summed E-state index contributed by atoms with van der Waals surface area (Å²) in [6.45, 7) is 6.32. The molecule has 0 amide bonds. The Labute approximate surface area is 101 Å². The second-order valence-electron chi connectivity index (χ2n) is 5.05. The monoisotopic (exact) mass is 235 g/mol. The topological polar surface area (TPSA) is 47.6 Å². The van der Waals surface area contributed by atoms with Crippen molar-refractivity contribution in [1.29, 1.82) is 0 Å². The molecule has 0 radical (unpaired) electrons. The molecule has 0 atom stereocenters. The zero-order chi connectivity index (χ0) is 12.5. The van der Waals surface area contributed by atoms with Crippen LogP contribution in [-0.2, 0) is 4.84 Å². The van der Waals surface area contributed by atoms with E-state index in [0.717, 1.165) is 5.69 Å². The minimum atomic E-state index is -0.281. The average molecular weight is 235 g/mol. The molecule has 4 heteroatoms. The summed E-state index contributed by atoms with van der Waals surface area (Å²) >= 11 is 0. The number of ether oxygens (including phenoxy) is 1. The number of hydrogen-bond acceptors (Lipinski definition) is 4. The van der Waals surface area contributed by atoms with Gasteiger partial charge in [0.2, 0.25) is 0 Å². The van der Waals surface area contributed by atoms with Crippen molar-refractivity contribution in [1.82, 2.24) is 0 Å². The van der Waals surface area contributed by atoms with E-state index in [1.54, 1.807) is 12.1 Å². The van der Waals surface area contributed by atoms with E-state index in [1.165, 1.54) is 0 Å². The van der Waals surface area contributed by atoms with Crippen molar-refractivity contribution >= 4 is 11.5 Å². The number of carbonyl (C=O) groups excluding carboxylic acids is 1. The Balaban J connectivity index is 2.15. The van der Waals surface area contributed by atoms with Crippen LogP contribution in [0.5, 0.6) is 5.75 Å². The summed E-state index contributed by atoms with van der Waals surface area (Å²) in [6, 6.07) is 5.40. The first kappa shape index (κ1) is 11.9. The van der Waals surface area contributed by atoms with Gasteiger partial charge in [-0.05, 0) is 39.0 Å². The van der Waals surface area contributed by atoms with Crippen molar-refractivity contribution in [2.24, 2.45) is 0 Å². The Morgan fingerprint density at radius 2 is 2.12 bits per heavy atom. The number of fused-ring (bicyclic) bond motifs is 1. The highest BCUT2D eigenvalue weighted by Gasteiger charge is 2.19. The third-order valence-electron chi connectivity index (χ3n) is 2.34. The van der Waals surface area contributed by atoms with Crippen molar-refractivity contribution in [3.8, 4) is 5.75 Å². The summed E-state index contributed by atoms with van der Waals surface area (Å²) in [5, 5.41) is 0. The van der Waals surface area contributed by atoms with Crippen LogP contribution in [0.25, 0.3) is 0 Å². The van der Waals surface area contributed by atoms with E-state index in [1.807, 2.05) is 26.8 Å². The van der Waals surface area contributed by atoms with E-state index in [2.05, 4.69) is 5.48 Å². The highest BCUT2D eigenvalue weighted by molar-refractivity contribution is 6.00. The van der Waals surface area contributed by atoms with E-state index < -0.39 is 0 Å². The number of ketones is 1. The van der Waals surface area contributed by atoms with E-state index in [-0.39, 0.29) is 11.4 Å². The molecule has 92 valence electrons. The predicted molar refractivity (Wildman–Crippen MR) is 65.3 cm³/mol. The first-order chi connectivity index (χ1) is 7.96. The van der Waals surface area contributed by atoms with Crippen LogP contribution in [0.3, 0.4) is 0 Å².